The molecular formula is C21H32O5. The fourth-order valence-electron chi connectivity index (χ4n) is 3.68. The van der Waals surface area contributed by atoms with Gasteiger partial charge in [-0.1, -0.05) is 18.2 Å². The lowest BCUT2D eigenvalue weighted by atomic mass is 9.82. The lowest BCUT2D eigenvalue weighted by molar-refractivity contribution is -0.137. The van der Waals surface area contributed by atoms with Crippen LogP contribution in [-0.2, 0) is 19.1 Å². The first-order valence-electron chi connectivity index (χ1n) is 9.45. The quantitative estimate of drug-likeness (QED) is 0.351. The van der Waals surface area contributed by atoms with Crippen LogP contribution >= 0.6 is 0 Å². The number of aliphatic hydroxyl groups is 1. The van der Waals surface area contributed by atoms with Crippen molar-refractivity contribution in [3.05, 3.63) is 23.8 Å². The summed E-state index contributed by atoms with van der Waals surface area (Å²) in [4.78, 5) is 24.4. The smallest absolute Gasteiger partial charge is 0.333 e. The van der Waals surface area contributed by atoms with Gasteiger partial charge in [0.25, 0.3) is 0 Å². The Kier molecular flexibility index (Phi) is 6.46. The summed E-state index contributed by atoms with van der Waals surface area (Å²) in [5.74, 6) is -0.769. The molecule has 1 aliphatic carbocycles. The maximum absolute atomic E-state index is 12.4. The largest absolute Gasteiger partial charge is 0.466 e. The molecule has 0 bridgehead atoms. The third-order valence-electron chi connectivity index (χ3n) is 5.93. The third kappa shape index (κ3) is 5.04. The molecule has 0 aromatic carbocycles. The van der Waals surface area contributed by atoms with Crippen LogP contribution in [0.1, 0.15) is 65.7 Å². The molecule has 0 aromatic rings. The second-order valence-corrected chi connectivity index (χ2v) is 8.19. The van der Waals surface area contributed by atoms with Crippen LogP contribution < -0.4 is 0 Å². The van der Waals surface area contributed by atoms with E-state index in [2.05, 4.69) is 19.6 Å². The van der Waals surface area contributed by atoms with Gasteiger partial charge in [0.1, 0.15) is 5.60 Å². The number of carbonyl (C=O) groups is 2. The topological polar surface area (TPSA) is 76.1 Å². The molecule has 146 valence electrons. The normalized spacial score (nSPS) is 36.3. The monoisotopic (exact) mass is 364 g/mol. The molecule has 0 amide bonds. The van der Waals surface area contributed by atoms with E-state index in [9.17, 15) is 14.7 Å². The van der Waals surface area contributed by atoms with Gasteiger partial charge in [0.2, 0.25) is 0 Å². The van der Waals surface area contributed by atoms with Gasteiger partial charge in [0, 0.05) is 12.0 Å². The number of epoxide rings is 1. The Morgan fingerprint density at radius 3 is 2.69 bits per heavy atom. The van der Waals surface area contributed by atoms with E-state index >= 15 is 0 Å². The van der Waals surface area contributed by atoms with Crippen LogP contribution in [0.25, 0.3) is 0 Å². The summed E-state index contributed by atoms with van der Waals surface area (Å²) < 4.78 is 10.7. The van der Waals surface area contributed by atoms with E-state index in [1.165, 1.54) is 12.7 Å². The van der Waals surface area contributed by atoms with Crippen molar-refractivity contribution in [3.63, 3.8) is 0 Å². The number of fused-ring (bicyclic) bond motifs is 1. The molecule has 1 heterocycles. The summed E-state index contributed by atoms with van der Waals surface area (Å²) in [5.41, 5.74) is -0.0129. The van der Waals surface area contributed by atoms with Gasteiger partial charge in [-0.15, -0.1) is 0 Å². The molecule has 4 atom stereocenters. The SMILES string of the molecule is C=C(C(=O)OC)C1CCC(C)(O)C(=O)CCC(C)=CCCC2(C)OC2C1. The number of esters is 1. The van der Waals surface area contributed by atoms with Gasteiger partial charge >= 0.3 is 5.97 Å². The van der Waals surface area contributed by atoms with Crippen LogP contribution in [0.4, 0.5) is 0 Å². The zero-order chi connectivity index (χ0) is 19.5. The van der Waals surface area contributed by atoms with E-state index in [0.717, 1.165) is 12.8 Å². The van der Waals surface area contributed by atoms with Crippen molar-refractivity contribution in [3.8, 4) is 0 Å². The van der Waals surface area contributed by atoms with Crippen molar-refractivity contribution < 1.29 is 24.2 Å². The van der Waals surface area contributed by atoms with Gasteiger partial charge < -0.3 is 14.6 Å². The minimum Gasteiger partial charge on any atom is -0.466 e. The molecule has 2 rings (SSSR count). The van der Waals surface area contributed by atoms with Gasteiger partial charge in [0.05, 0.1) is 18.8 Å². The van der Waals surface area contributed by atoms with Crippen molar-refractivity contribution in [2.45, 2.75) is 83.0 Å². The fraction of sp³-hybridized carbons (Fsp3) is 0.714. The predicted molar refractivity (Wildman–Crippen MR) is 99.6 cm³/mol. The molecule has 26 heavy (non-hydrogen) atoms. The Morgan fingerprint density at radius 2 is 2.04 bits per heavy atom. The molecule has 1 aliphatic heterocycles. The van der Waals surface area contributed by atoms with E-state index < -0.39 is 11.6 Å². The highest BCUT2D eigenvalue weighted by Gasteiger charge is 2.52. The summed E-state index contributed by atoms with van der Waals surface area (Å²) in [6.07, 6.45) is 6.45. The van der Waals surface area contributed by atoms with Gasteiger partial charge in [-0.25, -0.2) is 4.79 Å². The lowest BCUT2D eigenvalue weighted by Gasteiger charge is -2.26. The fourth-order valence-corrected chi connectivity index (χ4v) is 3.68. The van der Waals surface area contributed by atoms with E-state index in [0.29, 0.717) is 37.7 Å². The van der Waals surface area contributed by atoms with Crippen LogP contribution in [0.2, 0.25) is 0 Å². The molecule has 5 heteroatoms. The Bertz CT molecular complexity index is 604. The number of Topliss-reactive ketones (excluding diaryl/α,β-unsaturated/α-hetero) is 1. The number of carbonyl (C=O) groups excluding carboxylic acids is 2. The van der Waals surface area contributed by atoms with Crippen LogP contribution in [0.5, 0.6) is 0 Å². The molecule has 2 aliphatic rings. The maximum atomic E-state index is 12.4. The first kappa shape index (κ1) is 20.8. The molecule has 0 saturated carbocycles. The van der Waals surface area contributed by atoms with Gasteiger partial charge in [0.15, 0.2) is 5.78 Å². The predicted octanol–water partition coefficient (Wildman–Crippen LogP) is 3.50. The minimum absolute atomic E-state index is 0.0613. The van der Waals surface area contributed by atoms with Gasteiger partial charge in [-0.05, 0) is 65.2 Å². The second kappa shape index (κ2) is 8.05. The Morgan fingerprint density at radius 1 is 1.35 bits per heavy atom. The molecule has 1 N–H and O–H groups in total. The number of ether oxygens (including phenoxy) is 2. The number of methoxy groups -OCH3 is 1. The molecular weight excluding hydrogens is 332 g/mol. The van der Waals surface area contributed by atoms with Crippen molar-refractivity contribution >= 4 is 11.8 Å². The van der Waals surface area contributed by atoms with Crippen LogP contribution in [-0.4, -0.2) is 41.3 Å². The molecule has 0 aromatic heterocycles. The summed E-state index contributed by atoms with van der Waals surface area (Å²) in [7, 11) is 1.34. The summed E-state index contributed by atoms with van der Waals surface area (Å²) in [6.45, 7) is 9.59. The number of hydrogen-bond donors (Lipinski definition) is 1. The Labute approximate surface area is 156 Å². The zero-order valence-corrected chi connectivity index (χ0v) is 16.5. The number of rotatable bonds is 2. The van der Waals surface area contributed by atoms with Crippen molar-refractivity contribution in [2.24, 2.45) is 5.92 Å². The van der Waals surface area contributed by atoms with Crippen LogP contribution in [0.15, 0.2) is 23.8 Å². The average Bonchev–Trinajstić information content (AvgIpc) is 3.23. The molecule has 0 radical (unpaired) electrons. The van der Waals surface area contributed by atoms with Crippen molar-refractivity contribution in [1.29, 1.82) is 0 Å². The number of allylic oxidation sites excluding steroid dienone is 2. The van der Waals surface area contributed by atoms with Gasteiger partial charge in [-0.3, -0.25) is 4.79 Å². The second-order valence-electron chi connectivity index (χ2n) is 8.19. The molecule has 5 nitrogen and oxygen atoms in total. The van der Waals surface area contributed by atoms with Crippen LogP contribution in [0.3, 0.4) is 0 Å². The Hall–Kier alpha value is -1.46. The summed E-state index contributed by atoms with van der Waals surface area (Å²) >= 11 is 0. The first-order valence-corrected chi connectivity index (χ1v) is 9.45. The Balaban J connectivity index is 2.19. The van der Waals surface area contributed by atoms with Gasteiger partial charge in [-0.2, -0.15) is 0 Å². The molecule has 1 saturated heterocycles. The molecule has 0 spiro atoms. The third-order valence-corrected chi connectivity index (χ3v) is 5.93. The van der Waals surface area contributed by atoms with Crippen LogP contribution in [0, 0.1) is 5.92 Å². The van der Waals surface area contributed by atoms with Crippen molar-refractivity contribution in [1.82, 2.24) is 0 Å². The van der Waals surface area contributed by atoms with E-state index in [4.69, 9.17) is 9.47 Å². The number of ketones is 1. The molecule has 1 fully saturated rings. The highest BCUT2D eigenvalue weighted by molar-refractivity contribution is 5.88. The summed E-state index contributed by atoms with van der Waals surface area (Å²) in [6, 6.07) is 0. The highest BCUT2D eigenvalue weighted by Crippen LogP contribution is 2.46. The van der Waals surface area contributed by atoms with E-state index in [1.54, 1.807) is 6.92 Å². The average molecular weight is 364 g/mol. The minimum atomic E-state index is -1.40. The summed E-state index contributed by atoms with van der Waals surface area (Å²) in [5, 5.41) is 10.6. The van der Waals surface area contributed by atoms with E-state index in [1.807, 2.05) is 6.92 Å². The first-order chi connectivity index (χ1) is 12.1. The number of hydrogen-bond acceptors (Lipinski definition) is 5. The van der Waals surface area contributed by atoms with Crippen molar-refractivity contribution in [2.75, 3.05) is 7.11 Å². The molecule has 4 unspecified atom stereocenters. The zero-order valence-electron chi connectivity index (χ0n) is 16.5. The lowest BCUT2D eigenvalue weighted by Crippen LogP contribution is -2.36. The standard InChI is InChI=1S/C21H32O5/c1-14-7-6-11-21(4)18(26-21)13-16(15(2)19(23)25-5)10-12-20(3,24)17(22)9-8-14/h7,16,18,24H,2,6,8-13H2,1,3-5H3. The highest BCUT2D eigenvalue weighted by atomic mass is 16.6. The maximum Gasteiger partial charge on any atom is 0.333 e. The van der Waals surface area contributed by atoms with E-state index in [-0.39, 0.29) is 23.4 Å².